The third kappa shape index (κ3) is 4.76. The zero-order chi connectivity index (χ0) is 19.3. The van der Waals surface area contributed by atoms with Crippen LogP contribution in [0.1, 0.15) is 29.8 Å². The molecule has 9 heteroatoms. The maximum absolute atomic E-state index is 11.7. The topological polar surface area (TPSA) is 140 Å². The first-order valence-corrected chi connectivity index (χ1v) is 7.86. The average molecular weight is 357 g/mol. The lowest BCUT2D eigenvalue weighted by Gasteiger charge is -2.10. The lowest BCUT2D eigenvalue weighted by Crippen LogP contribution is -2.17. The summed E-state index contributed by atoms with van der Waals surface area (Å²) in [6.45, 7) is 3.94. The number of nitrogens with two attached hydrogens (primary N) is 1. The normalized spacial score (nSPS) is 10.4. The fraction of sp³-hybridized carbons (Fsp3) is 0.235. The summed E-state index contributed by atoms with van der Waals surface area (Å²) >= 11 is 0. The molecular weight excluding hydrogens is 338 g/mol. The van der Waals surface area contributed by atoms with Crippen LogP contribution in [0.3, 0.4) is 0 Å². The Balaban J connectivity index is 2.08. The maximum Gasteiger partial charge on any atom is 0.288 e. The highest BCUT2D eigenvalue weighted by Crippen LogP contribution is 2.20. The Kier molecular flexibility index (Phi) is 5.84. The molecule has 0 saturated heterocycles. The van der Waals surface area contributed by atoms with Gasteiger partial charge in [0.05, 0.1) is 10.5 Å². The van der Waals surface area contributed by atoms with Gasteiger partial charge in [-0.25, -0.2) is 4.98 Å². The van der Waals surface area contributed by atoms with Crippen LogP contribution in [0.25, 0.3) is 0 Å². The molecule has 1 aromatic heterocycles. The van der Waals surface area contributed by atoms with Crippen molar-refractivity contribution in [2.45, 2.75) is 20.4 Å². The molecule has 26 heavy (non-hydrogen) atoms. The average Bonchev–Trinajstić information content (AvgIpc) is 2.60. The number of primary amides is 1. The number of nitrogens with one attached hydrogen (secondary N) is 2. The monoisotopic (exact) mass is 357 g/mol. The van der Waals surface area contributed by atoms with E-state index in [0.29, 0.717) is 12.2 Å². The van der Waals surface area contributed by atoms with Gasteiger partial charge in [-0.3, -0.25) is 19.7 Å². The second-order valence-electron chi connectivity index (χ2n) is 5.91. The number of amides is 2. The molecule has 9 nitrogen and oxygen atoms in total. The summed E-state index contributed by atoms with van der Waals surface area (Å²) in [6.07, 6.45) is 1.05. The minimum absolute atomic E-state index is 0.0555. The molecule has 0 atom stereocenters. The SMILES string of the molecule is CC(C)C(=O)Nc1ccc(CNc2ncc([N+](=O)[O-])cc2C(N)=O)cc1. The molecule has 0 spiro atoms. The molecule has 0 aliphatic heterocycles. The molecule has 0 aliphatic carbocycles. The van der Waals surface area contributed by atoms with Gasteiger partial charge < -0.3 is 16.4 Å². The highest BCUT2D eigenvalue weighted by Gasteiger charge is 2.16. The zero-order valence-corrected chi connectivity index (χ0v) is 14.4. The first-order chi connectivity index (χ1) is 12.3. The van der Waals surface area contributed by atoms with Gasteiger partial charge >= 0.3 is 0 Å². The summed E-state index contributed by atoms with van der Waals surface area (Å²) in [6, 6.07) is 8.21. The Morgan fingerprint density at radius 3 is 2.46 bits per heavy atom. The fourth-order valence-corrected chi connectivity index (χ4v) is 2.06. The molecule has 4 N–H and O–H groups in total. The van der Waals surface area contributed by atoms with Crippen molar-refractivity contribution in [1.29, 1.82) is 0 Å². The van der Waals surface area contributed by atoms with Gasteiger partial charge in [-0.05, 0) is 17.7 Å². The molecule has 136 valence electrons. The second kappa shape index (κ2) is 8.06. The van der Waals surface area contributed by atoms with Crippen molar-refractivity contribution in [2.24, 2.45) is 11.7 Å². The maximum atomic E-state index is 11.7. The first-order valence-electron chi connectivity index (χ1n) is 7.86. The number of benzene rings is 1. The molecule has 0 bridgehead atoms. The minimum Gasteiger partial charge on any atom is -0.365 e. The summed E-state index contributed by atoms with van der Waals surface area (Å²) < 4.78 is 0. The molecule has 0 radical (unpaired) electrons. The summed E-state index contributed by atoms with van der Waals surface area (Å²) in [7, 11) is 0. The number of rotatable bonds is 7. The molecule has 1 heterocycles. The molecule has 0 unspecified atom stereocenters. The van der Waals surface area contributed by atoms with E-state index in [1.54, 1.807) is 38.1 Å². The van der Waals surface area contributed by atoms with Crippen LogP contribution in [0, 0.1) is 16.0 Å². The molecule has 0 aliphatic rings. The first kappa shape index (κ1) is 18.8. The number of nitro groups is 1. The molecule has 2 amide bonds. The van der Waals surface area contributed by atoms with Gasteiger partial charge in [-0.15, -0.1) is 0 Å². The van der Waals surface area contributed by atoms with Gasteiger partial charge in [0.25, 0.3) is 11.6 Å². The number of carbonyl (C=O) groups excluding carboxylic acids is 2. The highest BCUT2D eigenvalue weighted by molar-refractivity contribution is 5.98. The van der Waals surface area contributed by atoms with Crippen LogP contribution in [-0.2, 0) is 11.3 Å². The van der Waals surface area contributed by atoms with Crippen LogP contribution >= 0.6 is 0 Å². The van der Waals surface area contributed by atoms with Crippen molar-refractivity contribution >= 4 is 29.0 Å². The number of hydrogen-bond donors (Lipinski definition) is 3. The largest absolute Gasteiger partial charge is 0.365 e. The van der Waals surface area contributed by atoms with Gasteiger partial charge in [-0.1, -0.05) is 26.0 Å². The van der Waals surface area contributed by atoms with E-state index < -0.39 is 10.8 Å². The quantitative estimate of drug-likeness (QED) is 0.513. The van der Waals surface area contributed by atoms with Crippen LogP contribution in [0.2, 0.25) is 0 Å². The van der Waals surface area contributed by atoms with Gasteiger partial charge in [0, 0.05) is 24.2 Å². The van der Waals surface area contributed by atoms with Crippen LogP contribution in [0.5, 0.6) is 0 Å². The molecule has 2 rings (SSSR count). The van der Waals surface area contributed by atoms with E-state index >= 15 is 0 Å². The van der Waals surface area contributed by atoms with Crippen LogP contribution < -0.4 is 16.4 Å². The van der Waals surface area contributed by atoms with Gasteiger partial charge in [-0.2, -0.15) is 0 Å². The predicted octanol–water partition coefficient (Wildman–Crippen LogP) is 2.30. The number of aromatic nitrogens is 1. The standard InChI is InChI=1S/C17H19N5O4/c1-10(2)17(24)21-12-5-3-11(4-6-12)8-19-16-14(15(18)23)7-13(9-20-16)22(25)26/h3-7,9-10H,8H2,1-2H3,(H2,18,23)(H,19,20)(H,21,24). The van der Waals surface area contributed by atoms with Gasteiger partial charge in [0.1, 0.15) is 12.0 Å². The molecule has 0 saturated carbocycles. The van der Waals surface area contributed by atoms with Crippen LogP contribution in [-0.4, -0.2) is 21.7 Å². The van der Waals surface area contributed by atoms with Crippen molar-refractivity contribution in [1.82, 2.24) is 4.98 Å². The number of carbonyl (C=O) groups is 2. The molecule has 1 aromatic carbocycles. The zero-order valence-electron chi connectivity index (χ0n) is 14.4. The van der Waals surface area contributed by atoms with E-state index in [-0.39, 0.29) is 28.9 Å². The summed E-state index contributed by atoms with van der Waals surface area (Å²) in [4.78, 5) is 37.2. The summed E-state index contributed by atoms with van der Waals surface area (Å²) in [5.41, 5.74) is 6.44. The second-order valence-corrected chi connectivity index (χ2v) is 5.91. The fourth-order valence-electron chi connectivity index (χ4n) is 2.06. The smallest absolute Gasteiger partial charge is 0.288 e. The summed E-state index contributed by atoms with van der Waals surface area (Å²) in [5, 5.41) is 16.5. The van der Waals surface area contributed by atoms with Crippen molar-refractivity contribution < 1.29 is 14.5 Å². The van der Waals surface area contributed by atoms with E-state index in [0.717, 1.165) is 17.8 Å². The number of pyridine rings is 1. The van der Waals surface area contributed by atoms with Crippen molar-refractivity contribution in [3.8, 4) is 0 Å². The Morgan fingerprint density at radius 1 is 1.27 bits per heavy atom. The van der Waals surface area contributed by atoms with E-state index in [1.807, 2.05) is 0 Å². The summed E-state index contributed by atoms with van der Waals surface area (Å²) in [5.74, 6) is -0.829. The van der Waals surface area contributed by atoms with E-state index in [9.17, 15) is 19.7 Å². The van der Waals surface area contributed by atoms with Crippen LogP contribution in [0.15, 0.2) is 36.5 Å². The Bertz CT molecular complexity index is 834. The lowest BCUT2D eigenvalue weighted by molar-refractivity contribution is -0.385. The predicted molar refractivity (Wildman–Crippen MR) is 96.6 cm³/mol. The third-order valence-corrected chi connectivity index (χ3v) is 3.56. The van der Waals surface area contributed by atoms with Gasteiger partial charge in [0.2, 0.25) is 5.91 Å². The third-order valence-electron chi connectivity index (χ3n) is 3.56. The minimum atomic E-state index is -0.810. The number of nitrogens with zero attached hydrogens (tertiary/aromatic N) is 2. The number of hydrogen-bond acceptors (Lipinski definition) is 6. The Hall–Kier alpha value is -3.49. The van der Waals surface area contributed by atoms with Gasteiger partial charge in [0.15, 0.2) is 0 Å². The van der Waals surface area contributed by atoms with E-state index in [4.69, 9.17) is 5.73 Å². The van der Waals surface area contributed by atoms with Crippen molar-refractivity contribution in [2.75, 3.05) is 10.6 Å². The van der Waals surface area contributed by atoms with Crippen molar-refractivity contribution in [3.63, 3.8) is 0 Å². The van der Waals surface area contributed by atoms with E-state index in [1.165, 1.54) is 0 Å². The Morgan fingerprint density at radius 2 is 1.92 bits per heavy atom. The highest BCUT2D eigenvalue weighted by atomic mass is 16.6. The van der Waals surface area contributed by atoms with Crippen LogP contribution in [0.4, 0.5) is 17.2 Å². The van der Waals surface area contributed by atoms with Crippen molar-refractivity contribution in [3.05, 3.63) is 57.8 Å². The molecule has 0 fully saturated rings. The molecule has 2 aromatic rings. The number of anilines is 2. The lowest BCUT2D eigenvalue weighted by atomic mass is 10.1. The molecular formula is C17H19N5O4. The Labute approximate surface area is 149 Å². The van der Waals surface area contributed by atoms with E-state index in [2.05, 4.69) is 15.6 Å².